The molecular weight excluding hydrogens is 436 g/mol. The lowest BCUT2D eigenvalue weighted by Crippen LogP contribution is -2.16. The average molecular weight is 451 g/mol. The summed E-state index contributed by atoms with van der Waals surface area (Å²) in [4.78, 5) is 20.2. The molecule has 3 aromatic rings. The zero-order chi connectivity index (χ0) is 19.6. The van der Waals surface area contributed by atoms with Gasteiger partial charge in [-0.3, -0.25) is 4.79 Å². The van der Waals surface area contributed by atoms with Crippen molar-refractivity contribution < 1.29 is 17.6 Å². The van der Waals surface area contributed by atoms with Crippen LogP contribution in [0.25, 0.3) is 0 Å². The molecule has 3 rings (SSSR count). The van der Waals surface area contributed by atoms with Crippen LogP contribution in [-0.2, 0) is 10.0 Å². The lowest BCUT2D eigenvalue weighted by atomic mass is 10.3. The second-order valence-corrected chi connectivity index (χ2v) is 8.13. The Labute approximate surface area is 164 Å². The quantitative estimate of drug-likeness (QED) is 0.614. The summed E-state index contributed by atoms with van der Waals surface area (Å²) in [6, 6.07) is 10.6. The highest BCUT2D eigenvalue weighted by Gasteiger charge is 2.17. The molecule has 0 unspecified atom stereocenters. The van der Waals surface area contributed by atoms with E-state index in [-0.39, 0.29) is 16.6 Å². The topological polar surface area (TPSA) is 114 Å². The van der Waals surface area contributed by atoms with Gasteiger partial charge in [-0.1, -0.05) is 0 Å². The molecule has 0 aliphatic rings. The number of amides is 1. The largest absolute Gasteiger partial charge is 0.444 e. The van der Waals surface area contributed by atoms with Crippen LogP contribution in [0.5, 0.6) is 0 Å². The average Bonchev–Trinajstić information content (AvgIpc) is 3.00. The van der Waals surface area contributed by atoms with Gasteiger partial charge in [-0.05, 0) is 72.2 Å². The minimum absolute atomic E-state index is 0.00766. The summed E-state index contributed by atoms with van der Waals surface area (Å²) in [6.45, 7) is 3.50. The molecule has 0 saturated heterocycles. The van der Waals surface area contributed by atoms with Crippen LogP contribution in [0, 0.1) is 13.8 Å². The normalized spacial score (nSPS) is 11.2. The van der Waals surface area contributed by atoms with Crippen LogP contribution in [0.3, 0.4) is 0 Å². The molecule has 0 bridgehead atoms. The molecule has 0 radical (unpaired) electrons. The van der Waals surface area contributed by atoms with E-state index in [0.29, 0.717) is 21.7 Å². The van der Waals surface area contributed by atoms with E-state index >= 15 is 0 Å². The number of benzene rings is 1. The minimum atomic E-state index is -3.85. The number of anilines is 2. The van der Waals surface area contributed by atoms with E-state index in [4.69, 9.17) is 4.42 Å². The molecular formula is C17H15BrN4O4S. The van der Waals surface area contributed by atoms with Gasteiger partial charge in [-0.25, -0.2) is 23.1 Å². The fourth-order valence-electron chi connectivity index (χ4n) is 2.30. The standard InChI is InChI=1S/C17H15BrN4O4S/c1-10-9-11(2)20-17(19-10)22-27(24,25)13-5-3-12(4-6-13)21-16(23)14-7-8-15(18)26-14/h3-9H,1-2H3,(H,21,23)(H,19,20,22). The van der Waals surface area contributed by atoms with E-state index in [1.54, 1.807) is 26.0 Å². The SMILES string of the molecule is Cc1cc(C)nc(NS(=O)(=O)c2ccc(NC(=O)c3ccc(Br)o3)cc2)n1. The number of aryl methyl sites for hydroxylation is 2. The van der Waals surface area contributed by atoms with Crippen LogP contribution in [0.1, 0.15) is 21.9 Å². The zero-order valence-corrected chi connectivity index (χ0v) is 16.8. The van der Waals surface area contributed by atoms with E-state index < -0.39 is 15.9 Å². The van der Waals surface area contributed by atoms with Gasteiger partial charge in [0.15, 0.2) is 10.4 Å². The van der Waals surface area contributed by atoms with E-state index in [1.165, 1.54) is 30.3 Å². The third kappa shape index (κ3) is 4.72. The molecule has 1 amide bonds. The molecule has 140 valence electrons. The first-order valence-corrected chi connectivity index (χ1v) is 10.0. The second-order valence-electron chi connectivity index (χ2n) is 5.66. The third-order valence-corrected chi connectivity index (χ3v) is 5.20. The Balaban J connectivity index is 1.74. The highest BCUT2D eigenvalue weighted by atomic mass is 79.9. The van der Waals surface area contributed by atoms with E-state index in [2.05, 4.69) is 35.9 Å². The summed E-state index contributed by atoms with van der Waals surface area (Å²) in [5.74, 6) is -0.307. The second kappa shape index (κ2) is 7.49. The van der Waals surface area contributed by atoms with Crippen LogP contribution in [0.15, 0.2) is 56.4 Å². The first kappa shape index (κ1) is 19.1. The maximum absolute atomic E-state index is 12.5. The number of carbonyl (C=O) groups excluding carboxylic acids is 1. The number of hydrogen-bond acceptors (Lipinski definition) is 6. The van der Waals surface area contributed by atoms with Gasteiger partial charge in [0.1, 0.15) is 0 Å². The molecule has 1 aromatic carbocycles. The summed E-state index contributed by atoms with van der Waals surface area (Å²) in [7, 11) is -3.85. The molecule has 2 heterocycles. The van der Waals surface area contributed by atoms with Crippen molar-refractivity contribution in [2.24, 2.45) is 0 Å². The molecule has 0 fully saturated rings. The fourth-order valence-corrected chi connectivity index (χ4v) is 3.55. The van der Waals surface area contributed by atoms with Crippen molar-refractivity contribution in [1.82, 2.24) is 9.97 Å². The first-order chi connectivity index (χ1) is 12.7. The van der Waals surface area contributed by atoms with Crippen molar-refractivity contribution >= 4 is 43.5 Å². The van der Waals surface area contributed by atoms with Gasteiger partial charge in [0.05, 0.1) is 4.90 Å². The molecule has 0 aliphatic heterocycles. The van der Waals surface area contributed by atoms with Crippen molar-refractivity contribution in [2.75, 3.05) is 10.0 Å². The third-order valence-electron chi connectivity index (χ3n) is 3.43. The van der Waals surface area contributed by atoms with Crippen LogP contribution in [0.2, 0.25) is 0 Å². The molecule has 8 nitrogen and oxygen atoms in total. The summed E-state index contributed by atoms with van der Waals surface area (Å²) in [6.07, 6.45) is 0. The molecule has 2 N–H and O–H groups in total. The van der Waals surface area contributed by atoms with Crippen molar-refractivity contribution in [1.29, 1.82) is 0 Å². The predicted molar refractivity (Wildman–Crippen MR) is 103 cm³/mol. The highest BCUT2D eigenvalue weighted by molar-refractivity contribution is 9.10. The smallest absolute Gasteiger partial charge is 0.291 e. The lowest BCUT2D eigenvalue weighted by Gasteiger charge is -2.09. The number of nitrogens with one attached hydrogen (secondary N) is 2. The first-order valence-electron chi connectivity index (χ1n) is 7.75. The Kier molecular flexibility index (Phi) is 5.29. The number of nitrogens with zero attached hydrogens (tertiary/aromatic N) is 2. The zero-order valence-electron chi connectivity index (χ0n) is 14.4. The van der Waals surface area contributed by atoms with Gasteiger partial charge in [-0.15, -0.1) is 0 Å². The van der Waals surface area contributed by atoms with Crippen LogP contribution < -0.4 is 10.0 Å². The van der Waals surface area contributed by atoms with Gasteiger partial charge in [0, 0.05) is 17.1 Å². The van der Waals surface area contributed by atoms with Crippen molar-refractivity contribution in [3.63, 3.8) is 0 Å². The summed E-state index contributed by atoms with van der Waals surface area (Å²) < 4.78 is 32.9. The molecule has 10 heteroatoms. The number of aromatic nitrogens is 2. The van der Waals surface area contributed by atoms with E-state index in [1.807, 2.05) is 0 Å². The minimum Gasteiger partial charge on any atom is -0.444 e. The monoisotopic (exact) mass is 450 g/mol. The summed E-state index contributed by atoms with van der Waals surface area (Å²) in [5, 5.41) is 2.62. The molecule has 0 atom stereocenters. The number of carbonyl (C=O) groups is 1. The highest BCUT2D eigenvalue weighted by Crippen LogP contribution is 2.19. The summed E-state index contributed by atoms with van der Waals surface area (Å²) in [5.41, 5.74) is 1.74. The van der Waals surface area contributed by atoms with Crippen LogP contribution >= 0.6 is 15.9 Å². The Morgan fingerprint density at radius 3 is 2.22 bits per heavy atom. The lowest BCUT2D eigenvalue weighted by molar-refractivity contribution is 0.0995. The van der Waals surface area contributed by atoms with Gasteiger partial charge in [-0.2, -0.15) is 0 Å². The fraction of sp³-hybridized carbons (Fsp3) is 0.118. The number of hydrogen-bond donors (Lipinski definition) is 2. The van der Waals surface area contributed by atoms with E-state index in [9.17, 15) is 13.2 Å². The Hall–Kier alpha value is -2.72. The number of rotatable bonds is 5. The van der Waals surface area contributed by atoms with Crippen molar-refractivity contribution in [3.05, 3.63) is 64.3 Å². The number of halogens is 1. The van der Waals surface area contributed by atoms with Gasteiger partial charge in [0.25, 0.3) is 15.9 Å². The molecule has 2 aromatic heterocycles. The predicted octanol–water partition coefficient (Wildman–Crippen LogP) is 3.50. The van der Waals surface area contributed by atoms with Gasteiger partial charge >= 0.3 is 0 Å². The molecule has 0 aliphatic carbocycles. The van der Waals surface area contributed by atoms with Crippen molar-refractivity contribution in [2.45, 2.75) is 18.7 Å². The number of furan rings is 1. The Morgan fingerprint density at radius 2 is 1.67 bits per heavy atom. The molecule has 0 saturated carbocycles. The van der Waals surface area contributed by atoms with Gasteiger partial charge < -0.3 is 9.73 Å². The van der Waals surface area contributed by atoms with Crippen LogP contribution in [-0.4, -0.2) is 24.3 Å². The Bertz CT molecular complexity index is 1070. The van der Waals surface area contributed by atoms with Gasteiger partial charge in [0.2, 0.25) is 5.95 Å². The maximum atomic E-state index is 12.5. The van der Waals surface area contributed by atoms with Crippen molar-refractivity contribution in [3.8, 4) is 0 Å². The molecule has 0 spiro atoms. The van der Waals surface area contributed by atoms with Crippen LogP contribution in [0.4, 0.5) is 11.6 Å². The Morgan fingerprint density at radius 1 is 1.04 bits per heavy atom. The molecule has 27 heavy (non-hydrogen) atoms. The maximum Gasteiger partial charge on any atom is 0.291 e. The number of sulfonamides is 1. The summed E-state index contributed by atoms with van der Waals surface area (Å²) >= 11 is 3.12. The van der Waals surface area contributed by atoms with E-state index in [0.717, 1.165) is 0 Å².